The first-order valence-electron chi connectivity index (χ1n) is 6.60. The van der Waals surface area contributed by atoms with Crippen molar-refractivity contribution < 1.29 is 4.79 Å². The highest BCUT2D eigenvalue weighted by molar-refractivity contribution is 6.02. The van der Waals surface area contributed by atoms with E-state index in [2.05, 4.69) is 10.3 Å². The van der Waals surface area contributed by atoms with Crippen LogP contribution < -0.4 is 11.1 Å². The fourth-order valence-electron chi connectivity index (χ4n) is 2.59. The van der Waals surface area contributed by atoms with Crippen LogP contribution in [0.25, 0.3) is 10.9 Å². The fraction of sp³-hybridized carbons (Fsp3) is 0.333. The lowest BCUT2D eigenvalue weighted by atomic mass is 9.68. The number of hydrogen-bond donors (Lipinski definition) is 2. The number of para-hydroxylation sites is 1. The maximum Gasteiger partial charge on any atom is 0.231 e. The maximum absolute atomic E-state index is 12.4. The Morgan fingerprint density at radius 2 is 2.11 bits per heavy atom. The molecule has 1 aromatic heterocycles. The molecule has 4 heteroatoms. The highest BCUT2D eigenvalue weighted by Crippen LogP contribution is 2.41. The van der Waals surface area contributed by atoms with Crippen LogP contribution in [0.3, 0.4) is 0 Å². The summed E-state index contributed by atoms with van der Waals surface area (Å²) >= 11 is 0. The molecule has 1 aromatic carbocycles. The van der Waals surface area contributed by atoms with Gasteiger partial charge < -0.3 is 11.1 Å². The monoisotopic (exact) mass is 255 g/mol. The van der Waals surface area contributed by atoms with Crippen molar-refractivity contribution >= 4 is 22.5 Å². The molecule has 4 nitrogen and oxygen atoms in total. The Hall–Kier alpha value is -1.94. The third-order valence-corrected chi connectivity index (χ3v) is 4.06. The SMILES string of the molecule is NCC1(C(=O)Nc2cccc3cccnc23)CCC1. The Bertz CT molecular complexity index is 609. The molecule has 0 aliphatic heterocycles. The standard InChI is InChI=1S/C15H17N3O/c16-10-15(7-3-8-15)14(19)18-12-6-1-4-11-5-2-9-17-13(11)12/h1-2,4-6,9H,3,7-8,10,16H2,(H,18,19). The first kappa shape index (κ1) is 12.1. The topological polar surface area (TPSA) is 68.0 Å². The predicted molar refractivity (Wildman–Crippen MR) is 75.7 cm³/mol. The van der Waals surface area contributed by atoms with Crippen LogP contribution >= 0.6 is 0 Å². The van der Waals surface area contributed by atoms with Crippen LogP contribution in [0.5, 0.6) is 0 Å². The largest absolute Gasteiger partial charge is 0.329 e. The van der Waals surface area contributed by atoms with Crippen LogP contribution in [0.1, 0.15) is 19.3 Å². The minimum absolute atomic E-state index is 0.0272. The number of nitrogens with two attached hydrogens (primary N) is 1. The van der Waals surface area contributed by atoms with Gasteiger partial charge in [-0.15, -0.1) is 0 Å². The van der Waals surface area contributed by atoms with Crippen molar-refractivity contribution in [3.05, 3.63) is 36.5 Å². The summed E-state index contributed by atoms with van der Waals surface area (Å²) in [4.78, 5) is 16.7. The lowest BCUT2D eigenvalue weighted by Crippen LogP contribution is -2.47. The van der Waals surface area contributed by atoms with E-state index in [4.69, 9.17) is 5.73 Å². The van der Waals surface area contributed by atoms with E-state index >= 15 is 0 Å². The van der Waals surface area contributed by atoms with Crippen molar-refractivity contribution in [1.82, 2.24) is 4.98 Å². The predicted octanol–water partition coefficient (Wildman–Crippen LogP) is 2.30. The Balaban J connectivity index is 1.91. The third kappa shape index (κ3) is 1.98. The van der Waals surface area contributed by atoms with Gasteiger partial charge in [-0.1, -0.05) is 24.6 Å². The number of nitrogens with zero attached hydrogens (tertiary/aromatic N) is 1. The summed E-state index contributed by atoms with van der Waals surface area (Å²) in [6.07, 6.45) is 4.58. The van der Waals surface area contributed by atoms with Crippen molar-refractivity contribution in [1.29, 1.82) is 0 Å². The van der Waals surface area contributed by atoms with Crippen LogP contribution in [0.15, 0.2) is 36.5 Å². The molecule has 98 valence electrons. The highest BCUT2D eigenvalue weighted by Gasteiger charge is 2.42. The fourth-order valence-corrected chi connectivity index (χ4v) is 2.59. The first-order chi connectivity index (χ1) is 9.25. The molecule has 1 heterocycles. The zero-order valence-corrected chi connectivity index (χ0v) is 10.7. The molecule has 0 radical (unpaired) electrons. The van der Waals surface area contributed by atoms with E-state index in [1.54, 1.807) is 6.20 Å². The molecule has 1 saturated carbocycles. The minimum Gasteiger partial charge on any atom is -0.329 e. The zero-order valence-electron chi connectivity index (χ0n) is 10.7. The molecule has 1 aliphatic rings. The second kappa shape index (κ2) is 4.63. The Morgan fingerprint density at radius 1 is 1.32 bits per heavy atom. The molecular formula is C15H17N3O. The molecule has 3 N–H and O–H groups in total. The third-order valence-electron chi connectivity index (χ3n) is 4.06. The van der Waals surface area contributed by atoms with Crippen LogP contribution in [0.2, 0.25) is 0 Å². The molecule has 1 amide bonds. The van der Waals surface area contributed by atoms with Gasteiger partial charge in [0.05, 0.1) is 16.6 Å². The normalized spacial score (nSPS) is 16.9. The van der Waals surface area contributed by atoms with Gasteiger partial charge in [-0.3, -0.25) is 9.78 Å². The van der Waals surface area contributed by atoms with Gasteiger partial charge in [0.15, 0.2) is 0 Å². The highest BCUT2D eigenvalue weighted by atomic mass is 16.2. The summed E-state index contributed by atoms with van der Waals surface area (Å²) < 4.78 is 0. The van der Waals surface area contributed by atoms with E-state index in [1.807, 2.05) is 30.3 Å². The minimum atomic E-state index is -0.364. The number of fused-ring (bicyclic) bond motifs is 1. The second-order valence-electron chi connectivity index (χ2n) is 5.17. The smallest absolute Gasteiger partial charge is 0.231 e. The average Bonchev–Trinajstić information content (AvgIpc) is 2.38. The Kier molecular flexibility index (Phi) is 2.95. The summed E-state index contributed by atoms with van der Waals surface area (Å²) in [7, 11) is 0. The molecular weight excluding hydrogens is 238 g/mol. The van der Waals surface area contributed by atoms with Gasteiger partial charge in [-0.2, -0.15) is 0 Å². The zero-order chi connectivity index (χ0) is 13.3. The molecule has 1 aliphatic carbocycles. The van der Waals surface area contributed by atoms with Gasteiger partial charge in [-0.25, -0.2) is 0 Å². The molecule has 0 bridgehead atoms. The molecule has 0 spiro atoms. The van der Waals surface area contributed by atoms with Gasteiger partial charge >= 0.3 is 0 Å². The maximum atomic E-state index is 12.4. The van der Waals surface area contributed by atoms with E-state index in [0.29, 0.717) is 6.54 Å². The molecule has 3 rings (SSSR count). The molecule has 0 saturated heterocycles. The Morgan fingerprint density at radius 3 is 2.79 bits per heavy atom. The van der Waals surface area contributed by atoms with Crippen LogP contribution in [-0.2, 0) is 4.79 Å². The lowest BCUT2D eigenvalue weighted by molar-refractivity contribution is -0.129. The van der Waals surface area contributed by atoms with Gasteiger partial charge in [0.2, 0.25) is 5.91 Å². The molecule has 2 aromatic rings. The second-order valence-corrected chi connectivity index (χ2v) is 5.17. The summed E-state index contributed by atoms with van der Waals surface area (Å²) in [6.45, 7) is 0.414. The van der Waals surface area contributed by atoms with Crippen LogP contribution in [0, 0.1) is 5.41 Å². The summed E-state index contributed by atoms with van der Waals surface area (Å²) in [5.74, 6) is 0.0272. The van der Waals surface area contributed by atoms with Gasteiger partial charge in [0, 0.05) is 18.1 Å². The number of anilines is 1. The van der Waals surface area contributed by atoms with Crippen molar-refractivity contribution in [2.24, 2.45) is 11.1 Å². The molecule has 0 atom stereocenters. The average molecular weight is 255 g/mol. The quantitative estimate of drug-likeness (QED) is 0.884. The number of hydrogen-bond acceptors (Lipinski definition) is 3. The van der Waals surface area contributed by atoms with Crippen molar-refractivity contribution in [2.45, 2.75) is 19.3 Å². The summed E-state index contributed by atoms with van der Waals surface area (Å²) in [5, 5.41) is 4.02. The van der Waals surface area contributed by atoms with E-state index in [-0.39, 0.29) is 11.3 Å². The first-order valence-corrected chi connectivity index (χ1v) is 6.60. The lowest BCUT2D eigenvalue weighted by Gasteiger charge is -2.39. The number of nitrogens with one attached hydrogen (secondary N) is 1. The number of amides is 1. The summed E-state index contributed by atoms with van der Waals surface area (Å²) in [6, 6.07) is 9.67. The molecule has 0 unspecified atom stereocenters. The number of carbonyl (C=O) groups excluding carboxylic acids is 1. The number of carbonyl (C=O) groups is 1. The number of pyridine rings is 1. The van der Waals surface area contributed by atoms with Crippen LogP contribution in [0.4, 0.5) is 5.69 Å². The van der Waals surface area contributed by atoms with Crippen LogP contribution in [-0.4, -0.2) is 17.4 Å². The molecule has 19 heavy (non-hydrogen) atoms. The number of aromatic nitrogens is 1. The van der Waals surface area contributed by atoms with Gasteiger partial charge in [0.25, 0.3) is 0 Å². The number of benzene rings is 1. The van der Waals surface area contributed by atoms with E-state index in [0.717, 1.165) is 35.9 Å². The summed E-state index contributed by atoms with van der Waals surface area (Å²) in [5.41, 5.74) is 6.99. The van der Waals surface area contributed by atoms with Crippen molar-refractivity contribution in [2.75, 3.05) is 11.9 Å². The Labute approximate surface area is 112 Å². The van der Waals surface area contributed by atoms with Gasteiger partial charge in [-0.05, 0) is 25.0 Å². The van der Waals surface area contributed by atoms with E-state index in [1.165, 1.54) is 0 Å². The van der Waals surface area contributed by atoms with Gasteiger partial charge in [0.1, 0.15) is 0 Å². The van der Waals surface area contributed by atoms with Crippen molar-refractivity contribution in [3.63, 3.8) is 0 Å². The van der Waals surface area contributed by atoms with E-state index < -0.39 is 0 Å². The van der Waals surface area contributed by atoms with E-state index in [9.17, 15) is 4.79 Å². The number of rotatable bonds is 3. The van der Waals surface area contributed by atoms with Crippen molar-refractivity contribution in [3.8, 4) is 0 Å². The molecule has 1 fully saturated rings.